The molecule has 7 heteroatoms. The van der Waals surface area contributed by atoms with E-state index in [2.05, 4.69) is 25.4 Å². The number of ether oxygens (including phenoxy) is 1. The van der Waals surface area contributed by atoms with Crippen LogP contribution in [-0.2, 0) is 4.79 Å². The number of amidine groups is 2. The molecule has 106 valence electrons. The van der Waals surface area contributed by atoms with Crippen molar-refractivity contribution in [2.45, 2.75) is 20.3 Å². The summed E-state index contributed by atoms with van der Waals surface area (Å²) in [5.74, 6) is 0.651. The Labute approximate surface area is 121 Å². The number of amides is 1. The molecule has 1 aromatic rings. The predicted molar refractivity (Wildman–Crippen MR) is 78.2 cm³/mol. The van der Waals surface area contributed by atoms with E-state index in [1.54, 1.807) is 0 Å². The van der Waals surface area contributed by atoms with Crippen LogP contribution in [0.3, 0.4) is 0 Å². The van der Waals surface area contributed by atoms with Crippen molar-refractivity contribution >= 4 is 23.3 Å². The molecule has 0 N–H and O–H groups in total. The van der Waals surface area contributed by atoms with E-state index in [1.807, 2.05) is 32.0 Å². The number of aryl methyl sites for hydroxylation is 1. The van der Waals surface area contributed by atoms with Crippen LogP contribution in [0.5, 0.6) is 5.75 Å². The standard InChI is InChI=1S/C14H13N5O2/c1-3-6-21-10-7-8(2)4-5-9(10)12-15-13-11(14(20)16-12)17-19-18-13/h4-5,7H,3,6H2,1-2H3. The molecule has 21 heavy (non-hydrogen) atoms. The number of benzene rings is 1. The molecule has 2 heterocycles. The number of carbonyl (C=O) groups excluding carboxylic acids is 1. The van der Waals surface area contributed by atoms with Gasteiger partial charge in [-0.05, 0) is 36.3 Å². The Morgan fingerprint density at radius 1 is 1.19 bits per heavy atom. The predicted octanol–water partition coefficient (Wildman–Crippen LogP) is 2.29. The Kier molecular flexibility index (Phi) is 3.39. The summed E-state index contributed by atoms with van der Waals surface area (Å²) in [6, 6.07) is 5.66. The summed E-state index contributed by atoms with van der Waals surface area (Å²) in [5.41, 5.74) is 1.81. The minimum absolute atomic E-state index is 0.0851. The summed E-state index contributed by atoms with van der Waals surface area (Å²) in [4.78, 5) is 20.1. The van der Waals surface area contributed by atoms with Crippen molar-refractivity contribution in [1.82, 2.24) is 0 Å². The first-order valence-electron chi connectivity index (χ1n) is 6.63. The van der Waals surface area contributed by atoms with Crippen molar-refractivity contribution < 1.29 is 9.53 Å². The van der Waals surface area contributed by atoms with Crippen LogP contribution in [0.25, 0.3) is 0 Å². The van der Waals surface area contributed by atoms with Gasteiger partial charge < -0.3 is 4.74 Å². The first-order valence-corrected chi connectivity index (χ1v) is 6.63. The Balaban J connectivity index is 2.02. The fourth-order valence-corrected chi connectivity index (χ4v) is 1.96. The molecule has 0 saturated carbocycles. The molecule has 7 nitrogen and oxygen atoms in total. The molecule has 0 aliphatic carbocycles. The summed E-state index contributed by atoms with van der Waals surface area (Å²) in [6.07, 6.45) is 0.887. The summed E-state index contributed by atoms with van der Waals surface area (Å²) < 4.78 is 5.72. The highest BCUT2D eigenvalue weighted by Crippen LogP contribution is 2.24. The van der Waals surface area contributed by atoms with Crippen molar-refractivity contribution in [1.29, 1.82) is 0 Å². The molecule has 2 aliphatic heterocycles. The monoisotopic (exact) mass is 283 g/mol. The zero-order valence-electron chi connectivity index (χ0n) is 11.7. The highest BCUT2D eigenvalue weighted by Gasteiger charge is 2.28. The van der Waals surface area contributed by atoms with Crippen LogP contribution in [0.2, 0.25) is 0 Å². The van der Waals surface area contributed by atoms with Crippen LogP contribution in [0.4, 0.5) is 0 Å². The molecule has 1 amide bonds. The van der Waals surface area contributed by atoms with E-state index >= 15 is 0 Å². The van der Waals surface area contributed by atoms with Gasteiger partial charge in [0.25, 0.3) is 0 Å². The van der Waals surface area contributed by atoms with Crippen molar-refractivity contribution in [2.75, 3.05) is 6.61 Å². The van der Waals surface area contributed by atoms with Gasteiger partial charge in [0, 0.05) is 0 Å². The molecule has 0 atom stereocenters. The third-order valence-corrected chi connectivity index (χ3v) is 2.96. The zero-order valence-corrected chi connectivity index (χ0v) is 11.7. The van der Waals surface area contributed by atoms with Crippen LogP contribution in [0, 0.1) is 6.92 Å². The van der Waals surface area contributed by atoms with E-state index in [4.69, 9.17) is 4.74 Å². The maximum absolute atomic E-state index is 11.9. The second-order valence-corrected chi connectivity index (χ2v) is 4.66. The van der Waals surface area contributed by atoms with Crippen molar-refractivity contribution in [3.05, 3.63) is 29.3 Å². The minimum atomic E-state index is -0.484. The molecule has 0 saturated heterocycles. The quantitative estimate of drug-likeness (QED) is 0.848. The van der Waals surface area contributed by atoms with Gasteiger partial charge in [-0.15, -0.1) is 10.2 Å². The van der Waals surface area contributed by atoms with E-state index in [1.165, 1.54) is 0 Å². The smallest absolute Gasteiger partial charge is 0.303 e. The molecule has 0 spiro atoms. The lowest BCUT2D eigenvalue weighted by molar-refractivity contribution is -0.111. The maximum Gasteiger partial charge on any atom is 0.303 e. The molecule has 0 radical (unpaired) electrons. The summed E-state index contributed by atoms with van der Waals surface area (Å²) in [5, 5.41) is 10.8. The van der Waals surface area contributed by atoms with E-state index in [0.717, 1.165) is 12.0 Å². The number of carbonyl (C=O) groups is 1. The molecule has 0 fully saturated rings. The first kappa shape index (κ1) is 13.3. The average molecular weight is 283 g/mol. The lowest BCUT2D eigenvalue weighted by Crippen LogP contribution is -2.26. The van der Waals surface area contributed by atoms with Crippen LogP contribution in [0.1, 0.15) is 24.5 Å². The Morgan fingerprint density at radius 2 is 2.05 bits per heavy atom. The van der Waals surface area contributed by atoms with Crippen molar-refractivity contribution in [2.24, 2.45) is 25.4 Å². The second kappa shape index (κ2) is 5.35. The first-order chi connectivity index (χ1) is 10.2. The molecule has 0 aromatic heterocycles. The third kappa shape index (κ3) is 2.49. The van der Waals surface area contributed by atoms with Gasteiger partial charge in [-0.2, -0.15) is 4.99 Å². The fourth-order valence-electron chi connectivity index (χ4n) is 1.96. The van der Waals surface area contributed by atoms with Gasteiger partial charge in [-0.3, -0.25) is 4.79 Å². The van der Waals surface area contributed by atoms with Crippen LogP contribution >= 0.6 is 0 Å². The Bertz CT molecular complexity index is 731. The van der Waals surface area contributed by atoms with Crippen LogP contribution in [-0.4, -0.2) is 29.9 Å². The maximum atomic E-state index is 11.9. The van der Waals surface area contributed by atoms with Gasteiger partial charge in [0.15, 0.2) is 5.84 Å². The summed E-state index contributed by atoms with van der Waals surface area (Å²) in [6.45, 7) is 4.58. The number of fused-ring (bicyclic) bond motifs is 1. The zero-order chi connectivity index (χ0) is 14.8. The Hall–Kier alpha value is -2.70. The highest BCUT2D eigenvalue weighted by molar-refractivity contribution is 6.69. The SMILES string of the molecule is CCCOc1cc(C)ccc1C1=NC(=O)C2=NN=NC2=N1. The lowest BCUT2D eigenvalue weighted by atomic mass is 10.1. The van der Waals surface area contributed by atoms with Gasteiger partial charge in [0.1, 0.15) is 5.75 Å². The van der Waals surface area contributed by atoms with E-state index in [0.29, 0.717) is 17.9 Å². The van der Waals surface area contributed by atoms with Gasteiger partial charge in [0.2, 0.25) is 11.5 Å². The molecule has 0 bridgehead atoms. The number of aliphatic imine (C=N–C) groups is 2. The van der Waals surface area contributed by atoms with Crippen molar-refractivity contribution in [3.8, 4) is 5.75 Å². The largest absolute Gasteiger partial charge is 0.493 e. The number of nitrogens with zero attached hydrogens (tertiary/aromatic N) is 5. The number of hydrogen-bond acceptors (Lipinski definition) is 6. The molecule has 0 unspecified atom stereocenters. The molecule has 1 aromatic carbocycles. The van der Waals surface area contributed by atoms with Crippen molar-refractivity contribution in [3.63, 3.8) is 0 Å². The third-order valence-electron chi connectivity index (χ3n) is 2.96. The lowest BCUT2D eigenvalue weighted by Gasteiger charge is -2.13. The summed E-state index contributed by atoms with van der Waals surface area (Å²) >= 11 is 0. The second-order valence-electron chi connectivity index (χ2n) is 4.66. The molecule has 2 aliphatic rings. The van der Waals surface area contributed by atoms with Gasteiger partial charge in [-0.25, -0.2) is 4.99 Å². The van der Waals surface area contributed by atoms with Gasteiger partial charge >= 0.3 is 5.91 Å². The molecular formula is C14H13N5O2. The minimum Gasteiger partial charge on any atom is -0.493 e. The highest BCUT2D eigenvalue weighted by atomic mass is 16.5. The van der Waals surface area contributed by atoms with Crippen LogP contribution in [0.15, 0.2) is 43.6 Å². The Morgan fingerprint density at radius 3 is 2.86 bits per heavy atom. The number of hydrogen-bond donors (Lipinski definition) is 0. The normalized spacial score (nSPS) is 16.3. The topological polar surface area (TPSA) is 88.1 Å². The summed E-state index contributed by atoms with van der Waals surface area (Å²) in [7, 11) is 0. The van der Waals surface area contributed by atoms with Gasteiger partial charge in [-0.1, -0.05) is 13.0 Å². The molecule has 3 rings (SSSR count). The van der Waals surface area contributed by atoms with E-state index in [9.17, 15) is 4.79 Å². The molecular weight excluding hydrogens is 270 g/mol. The van der Waals surface area contributed by atoms with Gasteiger partial charge in [0.05, 0.1) is 12.2 Å². The van der Waals surface area contributed by atoms with E-state index < -0.39 is 5.91 Å². The van der Waals surface area contributed by atoms with Crippen LogP contribution < -0.4 is 4.74 Å². The average Bonchev–Trinajstić information content (AvgIpc) is 2.94. The number of rotatable bonds is 4. The van der Waals surface area contributed by atoms with E-state index in [-0.39, 0.29) is 17.4 Å². The fraction of sp³-hybridized carbons (Fsp3) is 0.286.